The van der Waals surface area contributed by atoms with Crippen molar-refractivity contribution in [3.63, 3.8) is 0 Å². The summed E-state index contributed by atoms with van der Waals surface area (Å²) in [5.41, 5.74) is 1.98. The number of benzene rings is 1. The first-order valence-electron chi connectivity index (χ1n) is 7.66. The van der Waals surface area contributed by atoms with Crippen molar-refractivity contribution in [3.05, 3.63) is 72.2 Å². The molecular weight excluding hydrogens is 318 g/mol. The number of hydrogen-bond acceptors (Lipinski definition) is 6. The van der Waals surface area contributed by atoms with Crippen molar-refractivity contribution in [2.45, 2.75) is 6.54 Å². The second-order valence-electron chi connectivity index (χ2n) is 5.20. The number of nitrogens with zero attached hydrogens (tertiary/aromatic N) is 3. The third-order valence-corrected chi connectivity index (χ3v) is 3.47. The summed E-state index contributed by atoms with van der Waals surface area (Å²) in [5, 5.41) is 13.9. The van der Waals surface area contributed by atoms with Crippen LogP contribution in [0.1, 0.15) is 16.1 Å². The molecule has 0 bridgehead atoms. The number of anilines is 2. The van der Waals surface area contributed by atoms with Gasteiger partial charge in [-0.2, -0.15) is 0 Å². The molecule has 126 valence electrons. The van der Waals surface area contributed by atoms with Crippen LogP contribution in [0.4, 0.5) is 11.5 Å². The van der Waals surface area contributed by atoms with E-state index in [1.165, 1.54) is 0 Å². The van der Waals surface area contributed by atoms with E-state index < -0.39 is 0 Å². The van der Waals surface area contributed by atoms with Gasteiger partial charge in [-0.25, -0.2) is 0 Å². The minimum atomic E-state index is -0.321. The molecule has 25 heavy (non-hydrogen) atoms. The molecular formula is C18H17N5O2. The van der Waals surface area contributed by atoms with Gasteiger partial charge in [0.25, 0.3) is 5.91 Å². The summed E-state index contributed by atoms with van der Waals surface area (Å²) in [4.78, 5) is 16.2. The van der Waals surface area contributed by atoms with Crippen LogP contribution in [-0.4, -0.2) is 28.2 Å². The van der Waals surface area contributed by atoms with Crippen LogP contribution in [0.3, 0.4) is 0 Å². The molecule has 0 spiro atoms. The lowest BCUT2D eigenvalue weighted by atomic mass is 10.2. The second-order valence-corrected chi connectivity index (χ2v) is 5.20. The molecule has 0 aliphatic heterocycles. The predicted molar refractivity (Wildman–Crippen MR) is 94.5 cm³/mol. The van der Waals surface area contributed by atoms with Gasteiger partial charge in [-0.3, -0.25) is 9.78 Å². The van der Waals surface area contributed by atoms with Crippen molar-refractivity contribution in [1.29, 1.82) is 0 Å². The van der Waals surface area contributed by atoms with Crippen molar-refractivity contribution < 1.29 is 9.53 Å². The Morgan fingerprint density at radius 1 is 1.00 bits per heavy atom. The molecule has 0 radical (unpaired) electrons. The van der Waals surface area contributed by atoms with Gasteiger partial charge in [-0.15, -0.1) is 10.2 Å². The van der Waals surface area contributed by atoms with Crippen LogP contribution in [0.5, 0.6) is 5.75 Å². The largest absolute Gasteiger partial charge is 0.497 e. The standard InChI is InChI=1S/C18H17N5O2/c1-25-15-4-2-14(3-5-15)21-18(24)16-6-7-17(23-22-16)20-12-13-8-10-19-11-9-13/h2-11H,12H2,1H3,(H,20,23)(H,21,24). The van der Waals surface area contributed by atoms with Gasteiger partial charge in [-0.05, 0) is 54.1 Å². The number of methoxy groups -OCH3 is 1. The Kier molecular flexibility index (Phi) is 5.16. The first-order valence-corrected chi connectivity index (χ1v) is 7.66. The number of ether oxygens (including phenoxy) is 1. The lowest BCUT2D eigenvalue weighted by Crippen LogP contribution is -2.14. The number of pyridine rings is 1. The molecule has 0 atom stereocenters. The maximum absolute atomic E-state index is 12.2. The van der Waals surface area contributed by atoms with E-state index in [-0.39, 0.29) is 11.6 Å². The first kappa shape index (κ1) is 16.4. The molecule has 0 saturated heterocycles. The maximum Gasteiger partial charge on any atom is 0.276 e. The zero-order valence-corrected chi connectivity index (χ0v) is 13.6. The van der Waals surface area contributed by atoms with E-state index in [1.807, 2.05) is 12.1 Å². The van der Waals surface area contributed by atoms with E-state index >= 15 is 0 Å². The molecule has 1 amide bonds. The normalized spacial score (nSPS) is 10.1. The van der Waals surface area contributed by atoms with Crippen molar-refractivity contribution >= 4 is 17.4 Å². The third kappa shape index (κ3) is 4.51. The molecule has 0 fully saturated rings. The number of amides is 1. The highest BCUT2D eigenvalue weighted by Gasteiger charge is 2.09. The van der Waals surface area contributed by atoms with E-state index in [0.29, 0.717) is 18.1 Å². The SMILES string of the molecule is COc1ccc(NC(=O)c2ccc(NCc3ccncc3)nn2)cc1. The molecule has 0 aliphatic carbocycles. The number of hydrogen-bond donors (Lipinski definition) is 2. The summed E-state index contributed by atoms with van der Waals surface area (Å²) in [6, 6.07) is 14.2. The molecule has 2 aromatic heterocycles. The molecule has 2 N–H and O–H groups in total. The van der Waals surface area contributed by atoms with Crippen molar-refractivity contribution in [2.24, 2.45) is 0 Å². The van der Waals surface area contributed by atoms with E-state index in [4.69, 9.17) is 4.74 Å². The van der Waals surface area contributed by atoms with Gasteiger partial charge < -0.3 is 15.4 Å². The van der Waals surface area contributed by atoms with Crippen LogP contribution in [-0.2, 0) is 6.54 Å². The fourth-order valence-corrected chi connectivity index (χ4v) is 2.11. The predicted octanol–water partition coefficient (Wildman–Crippen LogP) is 2.74. The van der Waals surface area contributed by atoms with Gasteiger partial charge in [0.05, 0.1) is 7.11 Å². The molecule has 0 saturated carbocycles. The summed E-state index contributed by atoms with van der Waals surface area (Å²) in [5.74, 6) is 0.999. The topological polar surface area (TPSA) is 89.0 Å². The average molecular weight is 335 g/mol. The van der Waals surface area contributed by atoms with Crippen molar-refractivity contribution in [2.75, 3.05) is 17.7 Å². The molecule has 0 aliphatic rings. The van der Waals surface area contributed by atoms with E-state index in [0.717, 1.165) is 11.3 Å². The van der Waals surface area contributed by atoms with Gasteiger partial charge >= 0.3 is 0 Å². The molecule has 3 aromatic rings. The Balaban J connectivity index is 1.58. The molecule has 1 aromatic carbocycles. The quantitative estimate of drug-likeness (QED) is 0.720. The zero-order valence-electron chi connectivity index (χ0n) is 13.6. The summed E-state index contributed by atoms with van der Waals surface area (Å²) in [7, 11) is 1.59. The average Bonchev–Trinajstić information content (AvgIpc) is 2.68. The Morgan fingerprint density at radius 2 is 1.76 bits per heavy atom. The number of aromatic nitrogens is 3. The Hall–Kier alpha value is -3.48. The summed E-state index contributed by atoms with van der Waals surface area (Å²) in [6.07, 6.45) is 3.46. The molecule has 7 heteroatoms. The molecule has 3 rings (SSSR count). The minimum Gasteiger partial charge on any atom is -0.497 e. The third-order valence-electron chi connectivity index (χ3n) is 3.47. The monoisotopic (exact) mass is 335 g/mol. The minimum absolute atomic E-state index is 0.241. The summed E-state index contributed by atoms with van der Waals surface area (Å²) < 4.78 is 5.08. The lowest BCUT2D eigenvalue weighted by molar-refractivity contribution is 0.102. The fraction of sp³-hybridized carbons (Fsp3) is 0.111. The highest BCUT2D eigenvalue weighted by molar-refractivity contribution is 6.02. The van der Waals surface area contributed by atoms with Crippen molar-refractivity contribution in [3.8, 4) is 5.75 Å². The highest BCUT2D eigenvalue weighted by atomic mass is 16.5. The number of carbonyl (C=O) groups is 1. The maximum atomic E-state index is 12.2. The number of carbonyl (C=O) groups excluding carboxylic acids is 1. The smallest absolute Gasteiger partial charge is 0.276 e. The summed E-state index contributed by atoms with van der Waals surface area (Å²) in [6.45, 7) is 0.606. The van der Waals surface area contributed by atoms with Crippen LogP contribution < -0.4 is 15.4 Å². The van der Waals surface area contributed by atoms with E-state index in [9.17, 15) is 4.79 Å². The van der Waals surface area contributed by atoms with Gasteiger partial charge in [0.2, 0.25) is 0 Å². The first-order chi connectivity index (χ1) is 12.2. The molecule has 2 heterocycles. The Labute approximate surface area is 145 Å². The van der Waals surface area contributed by atoms with Crippen LogP contribution in [0, 0.1) is 0 Å². The van der Waals surface area contributed by atoms with E-state index in [2.05, 4.69) is 25.8 Å². The molecule has 0 unspecified atom stereocenters. The van der Waals surface area contributed by atoms with Crippen molar-refractivity contribution in [1.82, 2.24) is 15.2 Å². The van der Waals surface area contributed by atoms with Gasteiger partial charge in [0.1, 0.15) is 11.6 Å². The van der Waals surface area contributed by atoms with Gasteiger partial charge in [0, 0.05) is 24.6 Å². The van der Waals surface area contributed by atoms with Crippen LogP contribution in [0.15, 0.2) is 60.9 Å². The Bertz CT molecular complexity index is 820. The van der Waals surface area contributed by atoms with E-state index in [1.54, 1.807) is 55.9 Å². The highest BCUT2D eigenvalue weighted by Crippen LogP contribution is 2.15. The lowest BCUT2D eigenvalue weighted by Gasteiger charge is -2.07. The zero-order chi connectivity index (χ0) is 17.5. The molecule has 7 nitrogen and oxygen atoms in total. The van der Waals surface area contributed by atoms with Crippen LogP contribution in [0.2, 0.25) is 0 Å². The van der Waals surface area contributed by atoms with Crippen LogP contribution in [0.25, 0.3) is 0 Å². The van der Waals surface area contributed by atoms with Gasteiger partial charge in [0.15, 0.2) is 5.69 Å². The second kappa shape index (κ2) is 7.87. The fourth-order valence-electron chi connectivity index (χ4n) is 2.11. The number of nitrogens with one attached hydrogen (secondary N) is 2. The Morgan fingerprint density at radius 3 is 2.40 bits per heavy atom. The summed E-state index contributed by atoms with van der Waals surface area (Å²) >= 11 is 0. The van der Waals surface area contributed by atoms with Crippen LogP contribution >= 0.6 is 0 Å². The van der Waals surface area contributed by atoms with Gasteiger partial charge in [-0.1, -0.05) is 0 Å². The number of rotatable bonds is 6.